The maximum absolute atomic E-state index is 12.4. The summed E-state index contributed by atoms with van der Waals surface area (Å²) in [6, 6.07) is -0.991. The van der Waals surface area contributed by atoms with Gasteiger partial charge in [0.1, 0.15) is 6.04 Å². The molecule has 0 radical (unpaired) electrons. The minimum absolute atomic E-state index is 0.132. The van der Waals surface area contributed by atoms with E-state index >= 15 is 0 Å². The SMILES string of the molecule is CCC[C@@H](C(=O)O)N1C(=O)[C@@H]2[C@H](C1=O)[C@H]1C=C[C@@H]2C1. The van der Waals surface area contributed by atoms with E-state index in [0.29, 0.717) is 12.8 Å². The zero-order chi connectivity index (χ0) is 13.7. The Balaban J connectivity index is 1.91. The Hall–Kier alpha value is -1.65. The number of carbonyl (C=O) groups excluding carboxylic acids is 2. The summed E-state index contributed by atoms with van der Waals surface area (Å²) >= 11 is 0. The number of amides is 2. The molecule has 1 saturated carbocycles. The number of carboxylic acid groups (broad SMARTS) is 1. The van der Waals surface area contributed by atoms with Crippen molar-refractivity contribution in [2.24, 2.45) is 23.7 Å². The van der Waals surface area contributed by atoms with E-state index in [1.807, 2.05) is 19.1 Å². The number of likely N-dealkylation sites (tertiary alicyclic amines) is 1. The van der Waals surface area contributed by atoms with Crippen LogP contribution in [-0.2, 0) is 14.4 Å². The molecule has 5 nitrogen and oxygen atoms in total. The molecule has 0 unspecified atom stereocenters. The monoisotopic (exact) mass is 263 g/mol. The Bertz CT molecular complexity index is 454. The summed E-state index contributed by atoms with van der Waals surface area (Å²) in [5, 5.41) is 9.25. The summed E-state index contributed by atoms with van der Waals surface area (Å²) in [6.45, 7) is 1.85. The maximum atomic E-state index is 12.4. The number of hydrogen-bond donors (Lipinski definition) is 1. The lowest BCUT2D eigenvalue weighted by Crippen LogP contribution is -2.46. The van der Waals surface area contributed by atoms with Crippen LogP contribution in [0.25, 0.3) is 0 Å². The smallest absolute Gasteiger partial charge is 0.326 e. The van der Waals surface area contributed by atoms with E-state index in [-0.39, 0.29) is 35.5 Å². The predicted octanol–water partition coefficient (Wildman–Crippen LogP) is 1.05. The average Bonchev–Trinajstić information content (AvgIpc) is 3.02. The molecule has 102 valence electrons. The van der Waals surface area contributed by atoms with Gasteiger partial charge in [-0.05, 0) is 24.7 Å². The predicted molar refractivity (Wildman–Crippen MR) is 65.9 cm³/mol. The lowest BCUT2D eigenvalue weighted by atomic mass is 9.85. The first-order chi connectivity index (χ1) is 9.06. The number of aliphatic carboxylic acids is 1. The van der Waals surface area contributed by atoms with Gasteiger partial charge in [0.05, 0.1) is 11.8 Å². The second-order valence-electron chi connectivity index (χ2n) is 5.69. The summed E-state index contributed by atoms with van der Waals surface area (Å²) in [6.07, 6.45) is 5.85. The zero-order valence-electron chi connectivity index (χ0n) is 10.8. The van der Waals surface area contributed by atoms with Gasteiger partial charge in [-0.25, -0.2) is 4.79 Å². The van der Waals surface area contributed by atoms with Crippen LogP contribution in [0.2, 0.25) is 0 Å². The average molecular weight is 263 g/mol. The molecule has 1 heterocycles. The molecule has 1 N–H and O–H groups in total. The van der Waals surface area contributed by atoms with Crippen LogP contribution in [0.4, 0.5) is 0 Å². The van der Waals surface area contributed by atoms with Crippen LogP contribution >= 0.6 is 0 Å². The van der Waals surface area contributed by atoms with Gasteiger partial charge >= 0.3 is 5.97 Å². The van der Waals surface area contributed by atoms with Gasteiger partial charge in [-0.1, -0.05) is 25.5 Å². The highest BCUT2D eigenvalue weighted by atomic mass is 16.4. The molecule has 2 bridgehead atoms. The summed E-state index contributed by atoms with van der Waals surface area (Å²) < 4.78 is 0. The van der Waals surface area contributed by atoms with E-state index in [2.05, 4.69) is 0 Å². The van der Waals surface area contributed by atoms with Crippen LogP contribution < -0.4 is 0 Å². The summed E-state index contributed by atoms with van der Waals surface area (Å²) in [5.74, 6) is -1.97. The molecule has 0 aromatic heterocycles. The van der Waals surface area contributed by atoms with Crippen molar-refractivity contribution in [1.29, 1.82) is 0 Å². The van der Waals surface area contributed by atoms with E-state index in [9.17, 15) is 19.5 Å². The third kappa shape index (κ3) is 1.57. The number of allylic oxidation sites excluding steroid dienone is 2. The second kappa shape index (κ2) is 4.18. The highest BCUT2D eigenvalue weighted by Crippen LogP contribution is 2.52. The molecule has 1 aliphatic heterocycles. The standard InChI is InChI=1S/C14H17NO4/c1-2-3-9(14(18)19)15-12(16)10-7-4-5-8(6-7)11(10)13(15)17/h4-5,7-11H,2-3,6H2,1H3,(H,18,19)/t7-,8+,9-,10+,11-/m0/s1. The van der Waals surface area contributed by atoms with Crippen molar-refractivity contribution in [1.82, 2.24) is 4.90 Å². The Morgan fingerprint density at radius 3 is 2.26 bits per heavy atom. The second-order valence-corrected chi connectivity index (χ2v) is 5.69. The number of fused-ring (bicyclic) bond motifs is 5. The number of nitrogens with zero attached hydrogens (tertiary/aromatic N) is 1. The molecule has 3 rings (SSSR count). The van der Waals surface area contributed by atoms with Gasteiger partial charge in [-0.15, -0.1) is 0 Å². The van der Waals surface area contributed by atoms with Crippen molar-refractivity contribution in [3.05, 3.63) is 12.2 Å². The molecular weight excluding hydrogens is 246 g/mol. The highest BCUT2D eigenvalue weighted by molar-refractivity contribution is 6.08. The normalized spacial score (nSPS) is 37.0. The Kier molecular flexibility index (Phi) is 2.73. The molecular formula is C14H17NO4. The van der Waals surface area contributed by atoms with Crippen molar-refractivity contribution >= 4 is 17.8 Å². The van der Waals surface area contributed by atoms with Gasteiger partial charge in [-0.2, -0.15) is 0 Å². The molecule has 2 fully saturated rings. The van der Waals surface area contributed by atoms with Crippen LogP contribution in [0.1, 0.15) is 26.2 Å². The van der Waals surface area contributed by atoms with Crippen molar-refractivity contribution in [2.45, 2.75) is 32.2 Å². The molecule has 3 aliphatic rings. The fourth-order valence-electron chi connectivity index (χ4n) is 3.87. The fraction of sp³-hybridized carbons (Fsp3) is 0.643. The maximum Gasteiger partial charge on any atom is 0.326 e. The first-order valence-electron chi connectivity index (χ1n) is 6.84. The third-order valence-corrected chi connectivity index (χ3v) is 4.66. The Morgan fingerprint density at radius 2 is 1.84 bits per heavy atom. The van der Waals surface area contributed by atoms with Gasteiger partial charge < -0.3 is 5.11 Å². The first-order valence-corrected chi connectivity index (χ1v) is 6.84. The molecule has 0 aromatic rings. The van der Waals surface area contributed by atoms with Crippen molar-refractivity contribution < 1.29 is 19.5 Å². The number of imide groups is 1. The lowest BCUT2D eigenvalue weighted by molar-refractivity contribution is -0.155. The van der Waals surface area contributed by atoms with Gasteiger partial charge in [0, 0.05) is 0 Å². The fourth-order valence-corrected chi connectivity index (χ4v) is 3.87. The lowest BCUT2D eigenvalue weighted by Gasteiger charge is -2.24. The van der Waals surface area contributed by atoms with E-state index in [0.717, 1.165) is 11.3 Å². The minimum atomic E-state index is -1.08. The van der Waals surface area contributed by atoms with Crippen LogP contribution in [0.15, 0.2) is 12.2 Å². The van der Waals surface area contributed by atoms with Crippen molar-refractivity contribution in [3.8, 4) is 0 Å². The summed E-state index contributed by atoms with van der Waals surface area (Å²) in [7, 11) is 0. The van der Waals surface area contributed by atoms with E-state index < -0.39 is 12.0 Å². The molecule has 19 heavy (non-hydrogen) atoms. The number of rotatable bonds is 4. The minimum Gasteiger partial charge on any atom is -0.480 e. The van der Waals surface area contributed by atoms with Crippen LogP contribution in [0, 0.1) is 23.7 Å². The van der Waals surface area contributed by atoms with Crippen LogP contribution in [-0.4, -0.2) is 33.8 Å². The Morgan fingerprint density at radius 1 is 1.32 bits per heavy atom. The van der Waals surface area contributed by atoms with Gasteiger partial charge in [0.2, 0.25) is 11.8 Å². The third-order valence-electron chi connectivity index (χ3n) is 4.66. The molecule has 2 aliphatic carbocycles. The summed E-state index contributed by atoms with van der Waals surface area (Å²) in [5.41, 5.74) is 0. The van der Waals surface area contributed by atoms with Gasteiger partial charge in [0.15, 0.2) is 0 Å². The molecule has 0 spiro atoms. The number of hydrogen-bond acceptors (Lipinski definition) is 3. The number of carboxylic acids is 1. The van der Waals surface area contributed by atoms with E-state index in [4.69, 9.17) is 0 Å². The summed E-state index contributed by atoms with van der Waals surface area (Å²) in [4.78, 5) is 37.2. The van der Waals surface area contributed by atoms with Gasteiger partial charge in [-0.3, -0.25) is 14.5 Å². The molecule has 5 heteroatoms. The molecule has 2 amide bonds. The molecule has 1 saturated heterocycles. The Labute approximate surface area is 111 Å². The largest absolute Gasteiger partial charge is 0.480 e. The van der Waals surface area contributed by atoms with E-state index in [1.165, 1.54) is 0 Å². The highest BCUT2D eigenvalue weighted by Gasteiger charge is 2.60. The topological polar surface area (TPSA) is 74.7 Å². The van der Waals surface area contributed by atoms with Gasteiger partial charge in [0.25, 0.3) is 0 Å². The van der Waals surface area contributed by atoms with E-state index in [1.54, 1.807) is 0 Å². The molecule has 0 aromatic carbocycles. The first kappa shape index (κ1) is 12.4. The van der Waals surface area contributed by atoms with Crippen molar-refractivity contribution in [3.63, 3.8) is 0 Å². The van der Waals surface area contributed by atoms with Crippen LogP contribution in [0.5, 0.6) is 0 Å². The quantitative estimate of drug-likeness (QED) is 0.607. The number of carbonyl (C=O) groups is 3. The molecule has 5 atom stereocenters. The van der Waals surface area contributed by atoms with Crippen LogP contribution in [0.3, 0.4) is 0 Å². The van der Waals surface area contributed by atoms with Crippen molar-refractivity contribution in [2.75, 3.05) is 0 Å². The zero-order valence-corrected chi connectivity index (χ0v) is 10.8.